The van der Waals surface area contributed by atoms with Crippen LogP contribution in [-0.4, -0.2) is 64.5 Å². The molecule has 0 N–H and O–H groups in total. The number of rotatable bonds is 6. The third-order valence-corrected chi connectivity index (χ3v) is 5.28. The number of ketones is 1. The van der Waals surface area contributed by atoms with Crippen LogP contribution in [-0.2, 0) is 29.2 Å². The Kier molecular flexibility index (Phi) is 9.90. The van der Waals surface area contributed by atoms with Crippen LogP contribution in [0.5, 0.6) is 0 Å². The maximum absolute atomic E-state index is 12.8. The number of anilines is 1. The van der Waals surface area contributed by atoms with Crippen LogP contribution >= 0.6 is 11.3 Å². The van der Waals surface area contributed by atoms with Crippen LogP contribution in [0.25, 0.3) is 5.70 Å². The number of aromatic nitrogens is 1. The predicted molar refractivity (Wildman–Crippen MR) is 113 cm³/mol. The number of Topliss-reactive ketones (excluding diaryl/α,β-unsaturated/α-hetero) is 1. The van der Waals surface area contributed by atoms with Gasteiger partial charge in [-0.3, -0.25) is 4.79 Å². The summed E-state index contributed by atoms with van der Waals surface area (Å²) in [5, 5.41) is 1.71. The van der Waals surface area contributed by atoms with E-state index in [0.29, 0.717) is 4.88 Å². The van der Waals surface area contributed by atoms with Crippen molar-refractivity contribution in [3.05, 3.63) is 52.5 Å². The Morgan fingerprint density at radius 2 is 1.53 bits per heavy atom. The van der Waals surface area contributed by atoms with E-state index in [-0.39, 0.29) is 11.3 Å². The Hall–Kier alpha value is -3.30. The molecule has 0 aliphatic rings. The zero-order valence-corrected chi connectivity index (χ0v) is 19.8. The number of nitrogens with zero attached hydrogens (tertiary/aromatic N) is 2. The molecule has 0 aromatic carbocycles. The van der Waals surface area contributed by atoms with Gasteiger partial charge in [-0.25, -0.2) is 18.0 Å². The second kappa shape index (κ2) is 11.7. The van der Waals surface area contributed by atoms with Crippen molar-refractivity contribution in [1.29, 1.82) is 0 Å². The van der Waals surface area contributed by atoms with Gasteiger partial charge in [0.2, 0.25) is 5.78 Å². The van der Waals surface area contributed by atoms with Gasteiger partial charge in [0.15, 0.2) is 28.1 Å². The Balaban J connectivity index is 0.000000620. The van der Waals surface area contributed by atoms with Gasteiger partial charge in [-0.05, 0) is 11.4 Å². The molecule has 0 aliphatic carbocycles. The highest BCUT2D eigenvalue weighted by Gasteiger charge is 2.37. The van der Waals surface area contributed by atoms with E-state index >= 15 is 0 Å². The average molecular weight is 524 g/mol. The molecule has 186 valence electrons. The van der Waals surface area contributed by atoms with Gasteiger partial charge in [0.1, 0.15) is 0 Å². The third kappa shape index (κ3) is 7.36. The van der Waals surface area contributed by atoms with Crippen molar-refractivity contribution in [2.75, 3.05) is 33.2 Å². The van der Waals surface area contributed by atoms with Gasteiger partial charge >= 0.3 is 23.1 Å². The van der Waals surface area contributed by atoms with Crippen LogP contribution in [0.4, 0.5) is 18.9 Å². The van der Waals surface area contributed by atoms with Crippen LogP contribution in [0.15, 0.2) is 47.6 Å². The maximum Gasteiger partial charge on any atom is 0.485 e. The number of pyridine rings is 1. The molecule has 0 amide bonds. The molecule has 0 atom stereocenters. The van der Waals surface area contributed by atoms with Gasteiger partial charge in [0, 0.05) is 31.9 Å². The Morgan fingerprint density at radius 3 is 1.88 bits per heavy atom. The van der Waals surface area contributed by atoms with Crippen molar-refractivity contribution in [3.63, 3.8) is 0 Å². The molecule has 15 heteroatoms. The van der Waals surface area contributed by atoms with E-state index in [1.54, 1.807) is 42.0 Å². The summed E-state index contributed by atoms with van der Waals surface area (Å²) >= 11 is 1.17. The average Bonchev–Trinajstić information content (AvgIpc) is 3.30. The maximum atomic E-state index is 12.8. The van der Waals surface area contributed by atoms with Gasteiger partial charge in [0.05, 0.1) is 19.1 Å². The molecule has 2 aromatic heterocycles. The number of carbonyl (C=O) groups is 3. The lowest BCUT2D eigenvalue weighted by atomic mass is 10.1. The fraction of sp³-hybridized carbons (Fsp3) is 0.263. The number of ether oxygens (including phenoxy) is 2. The largest absolute Gasteiger partial charge is 0.741 e. The highest BCUT2D eigenvalue weighted by molar-refractivity contribution is 7.86. The summed E-state index contributed by atoms with van der Waals surface area (Å²) in [6, 6.07) is 6.75. The van der Waals surface area contributed by atoms with Gasteiger partial charge in [0.25, 0.3) is 0 Å². The summed E-state index contributed by atoms with van der Waals surface area (Å²) in [6.07, 6.45) is 3.15. The number of methoxy groups -OCH3 is 2. The molecular weight excluding hydrogens is 505 g/mol. The number of hydrogen-bond donors (Lipinski definition) is 0. The van der Waals surface area contributed by atoms with E-state index in [9.17, 15) is 27.6 Å². The second-order valence-electron chi connectivity index (χ2n) is 6.27. The number of esters is 2. The number of hydrogen-bond acceptors (Lipinski definition) is 10. The number of carbonyl (C=O) groups excluding carboxylic acids is 3. The summed E-state index contributed by atoms with van der Waals surface area (Å²) < 4.78 is 69.8. The van der Waals surface area contributed by atoms with Crippen molar-refractivity contribution in [2.24, 2.45) is 0 Å². The lowest BCUT2D eigenvalue weighted by molar-refractivity contribution is -0.578. The summed E-state index contributed by atoms with van der Waals surface area (Å²) in [7, 11) is -0.0127. The van der Waals surface area contributed by atoms with Gasteiger partial charge in [-0.1, -0.05) is 6.07 Å². The summed E-state index contributed by atoms with van der Waals surface area (Å²) in [4.78, 5) is 39.8. The molecule has 34 heavy (non-hydrogen) atoms. The predicted octanol–water partition coefficient (Wildman–Crippen LogP) is 1.59. The molecule has 0 fully saturated rings. The highest BCUT2D eigenvalue weighted by Crippen LogP contribution is 2.21. The standard InChI is InChI=1S/C18H19N2O5S.CHF3O3S/c1-19(2)12-7-9-20(10-8-12)15(18(23)25-4)14(17(22)24-3)16(21)13-6-5-11-26-13;2-1(3,4)8(5,6)7/h5-11H,1-4H3;(H,5,6,7)/q+1;/p-1/b15-14+;. The first-order valence-electron chi connectivity index (χ1n) is 8.86. The highest BCUT2D eigenvalue weighted by atomic mass is 32.2. The van der Waals surface area contributed by atoms with E-state index in [0.717, 1.165) is 12.8 Å². The summed E-state index contributed by atoms with van der Waals surface area (Å²) in [5.74, 6) is -2.33. The molecule has 0 saturated carbocycles. The van der Waals surface area contributed by atoms with E-state index in [4.69, 9.17) is 22.4 Å². The van der Waals surface area contributed by atoms with E-state index < -0.39 is 33.3 Å². The first-order chi connectivity index (χ1) is 15.7. The smallest absolute Gasteiger partial charge is 0.485 e. The van der Waals surface area contributed by atoms with Crippen molar-refractivity contribution >= 4 is 50.6 Å². The molecule has 0 aliphatic heterocycles. The molecule has 0 spiro atoms. The molecule has 10 nitrogen and oxygen atoms in total. The van der Waals surface area contributed by atoms with Crippen molar-refractivity contribution in [3.8, 4) is 0 Å². The van der Waals surface area contributed by atoms with Crippen molar-refractivity contribution < 1.29 is 54.6 Å². The van der Waals surface area contributed by atoms with Crippen LogP contribution in [0.1, 0.15) is 9.67 Å². The number of alkyl halides is 3. The minimum atomic E-state index is -6.09. The third-order valence-electron chi connectivity index (χ3n) is 3.85. The van der Waals surface area contributed by atoms with Crippen LogP contribution in [0, 0.1) is 0 Å². The molecule has 0 radical (unpaired) electrons. The summed E-state index contributed by atoms with van der Waals surface area (Å²) in [5.41, 5.74) is -5.35. The Labute approximate surface area is 196 Å². The number of thiophene rings is 1. The SMILES string of the molecule is COC(=O)/C(C(=O)c1cccs1)=C(\C(=O)OC)[n+]1ccc(N(C)C)cc1.O=S(=O)([O-])C(F)(F)F. The minimum Gasteiger partial charge on any atom is -0.741 e. The van der Waals surface area contributed by atoms with Crippen molar-refractivity contribution in [2.45, 2.75) is 5.51 Å². The first-order valence-corrected chi connectivity index (χ1v) is 11.1. The Bertz CT molecular complexity index is 1160. The van der Waals surface area contributed by atoms with E-state index in [2.05, 4.69) is 0 Å². The lowest BCUT2D eigenvalue weighted by Crippen LogP contribution is -2.40. The van der Waals surface area contributed by atoms with Gasteiger partial charge < -0.3 is 18.9 Å². The topological polar surface area (TPSA) is 134 Å². The molecule has 2 rings (SSSR count). The lowest BCUT2D eigenvalue weighted by Gasteiger charge is -2.11. The quantitative estimate of drug-likeness (QED) is 0.0807. The summed E-state index contributed by atoms with van der Waals surface area (Å²) in [6.45, 7) is 0. The molecule has 2 heterocycles. The second-order valence-corrected chi connectivity index (χ2v) is 8.59. The first kappa shape index (κ1) is 28.7. The van der Waals surface area contributed by atoms with Gasteiger partial charge in [-0.2, -0.15) is 17.7 Å². The van der Waals surface area contributed by atoms with Crippen molar-refractivity contribution in [1.82, 2.24) is 0 Å². The molecule has 0 unspecified atom stereocenters. The molecule has 0 bridgehead atoms. The zero-order valence-electron chi connectivity index (χ0n) is 18.2. The molecule has 0 saturated heterocycles. The fourth-order valence-electron chi connectivity index (χ4n) is 2.23. The van der Waals surface area contributed by atoms with Gasteiger partial charge in [-0.15, -0.1) is 11.3 Å². The van der Waals surface area contributed by atoms with Crippen LogP contribution in [0.3, 0.4) is 0 Å². The minimum absolute atomic E-state index is 0.206. The van der Waals surface area contributed by atoms with Crippen LogP contribution in [0.2, 0.25) is 0 Å². The fourth-order valence-corrected chi connectivity index (χ4v) is 2.90. The molecular formula is C19H19F3N2O8S2. The monoisotopic (exact) mass is 524 g/mol. The molecule has 2 aromatic rings. The van der Waals surface area contributed by atoms with E-state index in [1.165, 1.54) is 23.0 Å². The number of halogens is 3. The normalized spacial score (nSPS) is 12.0. The zero-order chi connectivity index (χ0) is 26.3. The Morgan fingerprint density at radius 1 is 1.03 bits per heavy atom. The van der Waals surface area contributed by atoms with E-state index in [1.807, 2.05) is 19.0 Å². The van der Waals surface area contributed by atoms with Crippen LogP contribution < -0.4 is 9.47 Å².